The van der Waals surface area contributed by atoms with E-state index in [1.54, 1.807) is 4.90 Å². The number of aliphatic hydroxyl groups is 1. The van der Waals surface area contributed by atoms with Crippen LogP contribution in [0, 0.1) is 5.41 Å². The number of oxime groups is 1. The van der Waals surface area contributed by atoms with Gasteiger partial charge in [0.05, 0.1) is 12.6 Å². The molecule has 0 aromatic carbocycles. The van der Waals surface area contributed by atoms with Gasteiger partial charge in [0.1, 0.15) is 5.41 Å². The Bertz CT molecular complexity index is 339. The second-order valence-corrected chi connectivity index (χ2v) is 4.90. The zero-order chi connectivity index (χ0) is 12.5. The highest BCUT2D eigenvalue weighted by atomic mass is 16.4. The minimum atomic E-state index is -0.813. The Morgan fingerprint density at radius 1 is 1.47 bits per heavy atom. The first-order chi connectivity index (χ1) is 8.15. The van der Waals surface area contributed by atoms with Crippen LogP contribution >= 0.6 is 0 Å². The van der Waals surface area contributed by atoms with Crippen LogP contribution in [0.4, 0.5) is 0 Å². The molecule has 2 aliphatic rings. The lowest BCUT2D eigenvalue weighted by Crippen LogP contribution is -2.56. The van der Waals surface area contributed by atoms with Gasteiger partial charge in [0.15, 0.2) is 5.84 Å². The van der Waals surface area contributed by atoms with Gasteiger partial charge in [-0.3, -0.25) is 4.79 Å². The van der Waals surface area contributed by atoms with Crippen molar-refractivity contribution in [2.24, 2.45) is 16.3 Å². The van der Waals surface area contributed by atoms with Crippen molar-refractivity contribution in [3.8, 4) is 0 Å². The van der Waals surface area contributed by atoms with E-state index in [2.05, 4.69) is 5.16 Å². The first kappa shape index (κ1) is 12.2. The van der Waals surface area contributed by atoms with Crippen molar-refractivity contribution in [1.82, 2.24) is 4.90 Å². The van der Waals surface area contributed by atoms with E-state index in [1.807, 2.05) is 0 Å². The third-order valence-electron chi connectivity index (χ3n) is 4.06. The van der Waals surface area contributed by atoms with Crippen LogP contribution in [0.3, 0.4) is 0 Å². The van der Waals surface area contributed by atoms with Gasteiger partial charge in [-0.1, -0.05) is 11.6 Å². The summed E-state index contributed by atoms with van der Waals surface area (Å²) in [7, 11) is 0. The molecule has 4 N–H and O–H groups in total. The maximum atomic E-state index is 12.5. The molecule has 0 bridgehead atoms. The average molecular weight is 241 g/mol. The minimum Gasteiger partial charge on any atom is -0.409 e. The molecule has 17 heavy (non-hydrogen) atoms. The maximum absolute atomic E-state index is 12.5. The average Bonchev–Trinajstić information content (AvgIpc) is 2.74. The molecule has 1 saturated carbocycles. The summed E-state index contributed by atoms with van der Waals surface area (Å²) < 4.78 is 0. The zero-order valence-electron chi connectivity index (χ0n) is 9.80. The number of hydrogen-bond donors (Lipinski definition) is 3. The van der Waals surface area contributed by atoms with Gasteiger partial charge in [-0.25, -0.2) is 0 Å². The molecule has 0 spiro atoms. The van der Waals surface area contributed by atoms with Crippen LogP contribution in [0.15, 0.2) is 5.16 Å². The Morgan fingerprint density at radius 3 is 2.65 bits per heavy atom. The highest BCUT2D eigenvalue weighted by Gasteiger charge is 2.51. The summed E-state index contributed by atoms with van der Waals surface area (Å²) in [5.41, 5.74) is 4.85. The summed E-state index contributed by atoms with van der Waals surface area (Å²) in [5.74, 6) is -0.0760. The predicted octanol–water partition coefficient (Wildman–Crippen LogP) is -0.114. The van der Waals surface area contributed by atoms with Gasteiger partial charge in [-0.2, -0.15) is 0 Å². The van der Waals surface area contributed by atoms with Crippen molar-refractivity contribution in [3.63, 3.8) is 0 Å². The van der Waals surface area contributed by atoms with Gasteiger partial charge in [-0.15, -0.1) is 0 Å². The van der Waals surface area contributed by atoms with Gasteiger partial charge < -0.3 is 20.9 Å². The van der Waals surface area contributed by atoms with E-state index in [1.165, 1.54) is 0 Å². The zero-order valence-corrected chi connectivity index (χ0v) is 9.80. The van der Waals surface area contributed by atoms with E-state index >= 15 is 0 Å². The van der Waals surface area contributed by atoms with Gasteiger partial charge in [0.25, 0.3) is 0 Å². The summed E-state index contributed by atoms with van der Waals surface area (Å²) in [4.78, 5) is 14.2. The van der Waals surface area contributed by atoms with Crippen LogP contribution < -0.4 is 5.73 Å². The van der Waals surface area contributed by atoms with Gasteiger partial charge in [-0.05, 0) is 25.7 Å². The number of likely N-dealkylation sites (tertiary alicyclic amines) is 1. The molecule has 96 valence electrons. The molecule has 1 unspecified atom stereocenters. The molecule has 1 atom stereocenters. The SMILES string of the molecule is NC(=NO)C1(C(=O)N2CCCC2CO)CCC1. The monoisotopic (exact) mass is 241 g/mol. The largest absolute Gasteiger partial charge is 0.409 e. The first-order valence-corrected chi connectivity index (χ1v) is 6.05. The van der Waals surface area contributed by atoms with Crippen molar-refractivity contribution in [3.05, 3.63) is 0 Å². The first-order valence-electron chi connectivity index (χ1n) is 6.05. The summed E-state index contributed by atoms with van der Waals surface area (Å²) in [6.45, 7) is 0.641. The molecule has 1 amide bonds. The number of hydrogen-bond acceptors (Lipinski definition) is 4. The van der Waals surface area contributed by atoms with E-state index in [4.69, 9.17) is 10.9 Å². The number of carbonyl (C=O) groups excluding carboxylic acids is 1. The molecule has 1 heterocycles. The van der Waals surface area contributed by atoms with Crippen LogP contribution in [0.5, 0.6) is 0 Å². The predicted molar refractivity (Wildman–Crippen MR) is 61.5 cm³/mol. The number of nitrogens with zero attached hydrogens (tertiary/aromatic N) is 2. The van der Waals surface area contributed by atoms with E-state index in [0.29, 0.717) is 19.4 Å². The van der Waals surface area contributed by atoms with Crippen molar-refractivity contribution in [2.45, 2.75) is 38.1 Å². The number of amides is 1. The fourth-order valence-corrected chi connectivity index (χ4v) is 2.77. The normalized spacial score (nSPS) is 27.9. The van der Waals surface area contributed by atoms with Crippen LogP contribution in [-0.4, -0.2) is 46.1 Å². The summed E-state index contributed by atoms with van der Waals surface area (Å²) in [6, 6.07) is -0.105. The molecule has 0 radical (unpaired) electrons. The van der Waals surface area contributed by atoms with E-state index in [-0.39, 0.29) is 24.4 Å². The molecular formula is C11H19N3O3. The molecule has 0 aromatic rings. The highest BCUT2D eigenvalue weighted by Crippen LogP contribution is 2.43. The van der Waals surface area contributed by atoms with Crippen molar-refractivity contribution in [1.29, 1.82) is 0 Å². The maximum Gasteiger partial charge on any atom is 0.236 e. The standard InChI is InChI=1S/C11H19N3O3/c12-9(13-17)11(4-2-5-11)10(16)14-6-1-3-8(14)7-15/h8,15,17H,1-7H2,(H2,12,13). The van der Waals surface area contributed by atoms with Crippen LogP contribution in [0.25, 0.3) is 0 Å². The molecule has 1 aliphatic heterocycles. The summed E-state index contributed by atoms with van der Waals surface area (Å²) >= 11 is 0. The van der Waals surface area contributed by atoms with Gasteiger partial charge in [0.2, 0.25) is 5.91 Å². The highest BCUT2D eigenvalue weighted by molar-refractivity contribution is 6.07. The van der Waals surface area contributed by atoms with E-state index in [0.717, 1.165) is 19.3 Å². The Morgan fingerprint density at radius 2 is 2.18 bits per heavy atom. The molecule has 6 nitrogen and oxygen atoms in total. The van der Waals surface area contributed by atoms with Crippen LogP contribution in [-0.2, 0) is 4.79 Å². The fourth-order valence-electron chi connectivity index (χ4n) is 2.77. The van der Waals surface area contributed by atoms with Crippen LogP contribution in [0.1, 0.15) is 32.1 Å². The molecule has 0 aromatic heterocycles. The second kappa shape index (κ2) is 4.52. The number of amidine groups is 1. The second-order valence-electron chi connectivity index (χ2n) is 4.90. The summed E-state index contributed by atoms with van der Waals surface area (Å²) in [6.07, 6.45) is 3.92. The van der Waals surface area contributed by atoms with Crippen molar-refractivity contribution >= 4 is 11.7 Å². The number of rotatable bonds is 3. The summed E-state index contributed by atoms with van der Waals surface area (Å²) in [5, 5.41) is 21.0. The lowest BCUT2D eigenvalue weighted by Gasteiger charge is -2.42. The fraction of sp³-hybridized carbons (Fsp3) is 0.818. The van der Waals surface area contributed by atoms with Crippen molar-refractivity contribution in [2.75, 3.05) is 13.2 Å². The molecule has 1 aliphatic carbocycles. The Kier molecular flexibility index (Phi) is 3.24. The van der Waals surface area contributed by atoms with Gasteiger partial charge >= 0.3 is 0 Å². The minimum absolute atomic E-state index is 0.0114. The smallest absolute Gasteiger partial charge is 0.236 e. The third kappa shape index (κ3) is 1.76. The quantitative estimate of drug-likeness (QED) is 0.278. The molecule has 1 saturated heterocycles. The van der Waals surface area contributed by atoms with Gasteiger partial charge in [0, 0.05) is 6.54 Å². The number of nitrogens with two attached hydrogens (primary N) is 1. The lowest BCUT2D eigenvalue weighted by atomic mass is 9.66. The van der Waals surface area contributed by atoms with E-state index < -0.39 is 5.41 Å². The molecule has 6 heteroatoms. The third-order valence-corrected chi connectivity index (χ3v) is 4.06. The Hall–Kier alpha value is -1.30. The Balaban J connectivity index is 2.18. The number of aliphatic hydroxyl groups excluding tert-OH is 1. The molecule has 2 fully saturated rings. The number of carbonyl (C=O) groups is 1. The van der Waals surface area contributed by atoms with Crippen molar-refractivity contribution < 1.29 is 15.1 Å². The van der Waals surface area contributed by atoms with E-state index in [9.17, 15) is 9.90 Å². The molecule has 2 rings (SSSR count). The Labute approximate surface area is 100 Å². The lowest BCUT2D eigenvalue weighted by molar-refractivity contribution is -0.143. The van der Waals surface area contributed by atoms with Crippen LogP contribution in [0.2, 0.25) is 0 Å². The topological polar surface area (TPSA) is 99.2 Å². The molecular weight excluding hydrogens is 222 g/mol.